The normalized spacial score (nSPS) is 12.8. The number of carbonyl (C=O) groups is 2. The number of anilines is 1. The summed E-state index contributed by atoms with van der Waals surface area (Å²) in [4.78, 5) is 23.7. The van der Waals surface area contributed by atoms with E-state index in [0.717, 1.165) is 0 Å². The van der Waals surface area contributed by atoms with Gasteiger partial charge in [-0.15, -0.1) is 0 Å². The minimum Gasteiger partial charge on any atom is -0.392 e. The Bertz CT molecular complexity index is 553. The highest BCUT2D eigenvalue weighted by Gasteiger charge is 2.30. The van der Waals surface area contributed by atoms with Crippen LogP contribution in [0.3, 0.4) is 0 Å². The van der Waals surface area contributed by atoms with E-state index in [0.29, 0.717) is 24.2 Å². The largest absolute Gasteiger partial charge is 0.392 e. The maximum atomic E-state index is 12.3. The molecule has 5 nitrogen and oxygen atoms in total. The number of aliphatic hydroxyl groups is 1. The number of aliphatic hydroxyl groups excluding tert-OH is 1. The van der Waals surface area contributed by atoms with Gasteiger partial charge in [0.1, 0.15) is 0 Å². The van der Waals surface area contributed by atoms with Crippen LogP contribution < -0.4 is 10.6 Å². The molecule has 3 N–H and O–H groups in total. The van der Waals surface area contributed by atoms with Crippen molar-refractivity contribution in [3.8, 4) is 0 Å². The highest BCUT2D eigenvalue weighted by molar-refractivity contribution is 5.97. The topological polar surface area (TPSA) is 78.4 Å². The second-order valence-electron chi connectivity index (χ2n) is 6.84. The number of benzene rings is 1. The number of amides is 2. The van der Waals surface area contributed by atoms with Gasteiger partial charge >= 0.3 is 0 Å². The summed E-state index contributed by atoms with van der Waals surface area (Å²) < 4.78 is 0. The minimum atomic E-state index is -0.502. The quantitative estimate of drug-likeness (QED) is 0.723. The third-order valence-corrected chi connectivity index (χ3v) is 3.87. The number of rotatable bonds is 7. The van der Waals surface area contributed by atoms with Gasteiger partial charge in [-0.1, -0.05) is 40.7 Å². The zero-order valence-electron chi connectivity index (χ0n) is 14.6. The summed E-state index contributed by atoms with van der Waals surface area (Å²) in [7, 11) is 0. The van der Waals surface area contributed by atoms with Crippen LogP contribution in [0, 0.1) is 11.3 Å². The summed E-state index contributed by atoms with van der Waals surface area (Å²) in [6.45, 7) is 9.90. The van der Waals surface area contributed by atoms with E-state index < -0.39 is 11.5 Å². The Balaban J connectivity index is 2.71. The number of nitrogens with one attached hydrogen (secondary N) is 2. The minimum absolute atomic E-state index is 0.0938. The van der Waals surface area contributed by atoms with E-state index in [1.807, 2.05) is 27.7 Å². The van der Waals surface area contributed by atoms with Gasteiger partial charge in [-0.2, -0.15) is 0 Å². The molecule has 5 heteroatoms. The van der Waals surface area contributed by atoms with Gasteiger partial charge < -0.3 is 15.7 Å². The molecule has 1 aromatic rings. The zero-order valence-corrected chi connectivity index (χ0v) is 14.6. The van der Waals surface area contributed by atoms with Gasteiger partial charge in [0.2, 0.25) is 5.91 Å². The van der Waals surface area contributed by atoms with E-state index >= 15 is 0 Å². The molecule has 1 aromatic carbocycles. The van der Waals surface area contributed by atoms with Crippen LogP contribution >= 0.6 is 0 Å². The van der Waals surface area contributed by atoms with Crippen molar-refractivity contribution in [1.82, 2.24) is 5.32 Å². The van der Waals surface area contributed by atoms with Crippen molar-refractivity contribution in [3.63, 3.8) is 0 Å². The van der Waals surface area contributed by atoms with Gasteiger partial charge in [0.05, 0.1) is 6.10 Å². The average Bonchev–Trinajstić information content (AvgIpc) is 2.51. The summed E-state index contributed by atoms with van der Waals surface area (Å²) in [6.07, 6.45) is -0.115. The number of carbonyl (C=O) groups excluding carboxylic acids is 2. The van der Waals surface area contributed by atoms with Crippen LogP contribution in [0.1, 0.15) is 51.4 Å². The molecular formula is C18H28N2O3. The highest BCUT2D eigenvalue weighted by atomic mass is 16.3. The molecule has 0 bridgehead atoms. The fourth-order valence-electron chi connectivity index (χ4n) is 2.40. The molecule has 0 saturated carbocycles. The molecular weight excluding hydrogens is 292 g/mol. The molecule has 1 atom stereocenters. The predicted molar refractivity (Wildman–Crippen MR) is 92.3 cm³/mol. The first kappa shape index (κ1) is 19.2. The van der Waals surface area contributed by atoms with Crippen molar-refractivity contribution in [3.05, 3.63) is 29.8 Å². The van der Waals surface area contributed by atoms with E-state index in [1.54, 1.807) is 31.2 Å². The third-order valence-electron chi connectivity index (χ3n) is 3.87. The molecule has 0 aliphatic heterocycles. The molecule has 0 fully saturated rings. The van der Waals surface area contributed by atoms with Gasteiger partial charge in [0, 0.05) is 29.6 Å². The summed E-state index contributed by atoms with van der Waals surface area (Å²) in [5.41, 5.74) is 0.664. The van der Waals surface area contributed by atoms with Crippen molar-refractivity contribution in [2.45, 2.75) is 47.1 Å². The van der Waals surface area contributed by atoms with Crippen LogP contribution in [-0.4, -0.2) is 29.6 Å². The lowest BCUT2D eigenvalue weighted by atomic mass is 9.80. The zero-order chi connectivity index (χ0) is 17.6. The molecule has 0 spiro atoms. The Kier molecular flexibility index (Phi) is 6.76. The Morgan fingerprint density at radius 2 is 1.91 bits per heavy atom. The Labute approximate surface area is 138 Å². The molecule has 0 aliphatic rings. The lowest BCUT2D eigenvalue weighted by Gasteiger charge is -2.33. The molecule has 23 heavy (non-hydrogen) atoms. The fraction of sp³-hybridized carbons (Fsp3) is 0.556. The van der Waals surface area contributed by atoms with Crippen LogP contribution in [0.15, 0.2) is 24.3 Å². The Hall–Kier alpha value is -1.88. The predicted octanol–water partition coefficient (Wildman–Crippen LogP) is 2.81. The van der Waals surface area contributed by atoms with Crippen LogP contribution in [0.2, 0.25) is 0 Å². The van der Waals surface area contributed by atoms with E-state index in [1.165, 1.54) is 0 Å². The number of hydrogen-bond acceptors (Lipinski definition) is 3. The monoisotopic (exact) mass is 320 g/mol. The fourth-order valence-corrected chi connectivity index (χ4v) is 2.40. The van der Waals surface area contributed by atoms with Crippen LogP contribution in [0.25, 0.3) is 0 Å². The van der Waals surface area contributed by atoms with Gasteiger partial charge in [-0.3, -0.25) is 9.59 Å². The standard InChI is InChI=1S/C18H28N2O3/c1-6-15(21)20-14-9-7-8-13(10-14)17(23)19-11-18(4,5)16(22)12(2)3/h7-10,12,16,22H,6,11H2,1-5H3,(H,19,23)(H,20,21). The molecule has 0 aromatic heterocycles. The maximum absolute atomic E-state index is 12.3. The lowest BCUT2D eigenvalue weighted by molar-refractivity contribution is -0.115. The van der Waals surface area contributed by atoms with E-state index in [9.17, 15) is 14.7 Å². The second-order valence-corrected chi connectivity index (χ2v) is 6.84. The SMILES string of the molecule is CCC(=O)Nc1cccc(C(=O)NCC(C)(C)C(O)C(C)C)c1. The first-order chi connectivity index (χ1) is 10.7. The van der Waals surface area contributed by atoms with Crippen molar-refractivity contribution < 1.29 is 14.7 Å². The van der Waals surface area contributed by atoms with Crippen molar-refractivity contribution in [2.24, 2.45) is 11.3 Å². The number of hydrogen-bond donors (Lipinski definition) is 3. The molecule has 0 radical (unpaired) electrons. The van der Waals surface area contributed by atoms with Crippen LogP contribution in [0.5, 0.6) is 0 Å². The summed E-state index contributed by atoms with van der Waals surface area (Å²) in [5.74, 6) is -0.195. The molecule has 2 amide bonds. The second kappa shape index (κ2) is 8.11. The average molecular weight is 320 g/mol. The molecule has 0 saturated heterocycles. The van der Waals surface area contributed by atoms with E-state index in [-0.39, 0.29) is 17.7 Å². The molecule has 1 unspecified atom stereocenters. The first-order valence-corrected chi connectivity index (χ1v) is 8.03. The van der Waals surface area contributed by atoms with Crippen LogP contribution in [-0.2, 0) is 4.79 Å². The summed E-state index contributed by atoms with van der Waals surface area (Å²) in [6, 6.07) is 6.82. The first-order valence-electron chi connectivity index (χ1n) is 8.03. The lowest BCUT2D eigenvalue weighted by Crippen LogP contribution is -2.43. The van der Waals surface area contributed by atoms with Crippen LogP contribution in [0.4, 0.5) is 5.69 Å². The van der Waals surface area contributed by atoms with Crippen molar-refractivity contribution in [1.29, 1.82) is 0 Å². The summed E-state index contributed by atoms with van der Waals surface area (Å²) in [5, 5.41) is 15.8. The van der Waals surface area contributed by atoms with Crippen molar-refractivity contribution >= 4 is 17.5 Å². The Morgan fingerprint density at radius 3 is 2.48 bits per heavy atom. The van der Waals surface area contributed by atoms with E-state index in [2.05, 4.69) is 10.6 Å². The van der Waals surface area contributed by atoms with Crippen molar-refractivity contribution in [2.75, 3.05) is 11.9 Å². The van der Waals surface area contributed by atoms with Gasteiger partial charge in [0.15, 0.2) is 0 Å². The molecule has 128 valence electrons. The Morgan fingerprint density at radius 1 is 1.26 bits per heavy atom. The maximum Gasteiger partial charge on any atom is 0.251 e. The third kappa shape index (κ3) is 5.67. The van der Waals surface area contributed by atoms with Gasteiger partial charge in [0.25, 0.3) is 5.91 Å². The molecule has 1 rings (SSSR count). The van der Waals surface area contributed by atoms with E-state index in [4.69, 9.17) is 0 Å². The molecule has 0 aliphatic carbocycles. The smallest absolute Gasteiger partial charge is 0.251 e. The highest BCUT2D eigenvalue weighted by Crippen LogP contribution is 2.25. The summed E-state index contributed by atoms with van der Waals surface area (Å²) >= 11 is 0. The molecule has 0 heterocycles. The van der Waals surface area contributed by atoms with Gasteiger partial charge in [-0.05, 0) is 24.1 Å². The van der Waals surface area contributed by atoms with Gasteiger partial charge in [-0.25, -0.2) is 0 Å².